The summed E-state index contributed by atoms with van der Waals surface area (Å²) in [5, 5.41) is 2.38. The molecule has 11 nitrogen and oxygen atoms in total. The smallest absolute Gasteiger partial charge is 0.416 e. The second-order valence-electron chi connectivity index (χ2n) is 8.37. The summed E-state index contributed by atoms with van der Waals surface area (Å²) in [5.74, 6) is -1.55. The molecule has 16 heteroatoms. The lowest BCUT2D eigenvalue weighted by Gasteiger charge is -2.24. The maximum atomic E-state index is 15.5. The number of benzene rings is 2. The molecule has 0 bridgehead atoms. The highest BCUT2D eigenvalue weighted by Gasteiger charge is 2.32. The van der Waals surface area contributed by atoms with Crippen molar-refractivity contribution in [2.75, 3.05) is 30.9 Å². The molecule has 2 N–H and O–H groups in total. The van der Waals surface area contributed by atoms with Crippen LogP contribution in [0.3, 0.4) is 0 Å². The lowest BCUT2D eigenvalue weighted by Crippen LogP contribution is -2.35. The third kappa shape index (κ3) is 6.33. The number of alkyl halides is 3. The zero-order chi connectivity index (χ0) is 30.7. The van der Waals surface area contributed by atoms with E-state index in [9.17, 15) is 26.4 Å². The lowest BCUT2D eigenvalue weighted by atomic mass is 10.0. The Bertz CT molecular complexity index is 1710. The number of hydrogen-bond donors (Lipinski definition) is 2. The topological polar surface area (TPSA) is 136 Å². The highest BCUT2D eigenvalue weighted by atomic mass is 32.2. The van der Waals surface area contributed by atoms with Crippen LogP contribution >= 0.6 is 0 Å². The summed E-state index contributed by atoms with van der Waals surface area (Å²) in [6.07, 6.45) is -1.08. The van der Waals surface area contributed by atoms with Crippen LogP contribution in [0.5, 0.6) is 11.5 Å². The van der Waals surface area contributed by atoms with Gasteiger partial charge in [-0.25, -0.2) is 42.2 Å². The Kier molecular flexibility index (Phi) is 8.46. The van der Waals surface area contributed by atoms with E-state index in [1.165, 1.54) is 51.9 Å². The second-order valence-corrected chi connectivity index (χ2v) is 10.1. The van der Waals surface area contributed by atoms with Crippen molar-refractivity contribution >= 4 is 33.5 Å². The number of sulfonamides is 1. The number of aromatic nitrogens is 3. The summed E-state index contributed by atoms with van der Waals surface area (Å²) in [6, 6.07) is 7.80. The molecule has 220 valence electrons. The highest BCUT2D eigenvalue weighted by Crippen LogP contribution is 2.41. The van der Waals surface area contributed by atoms with Crippen LogP contribution in [-0.4, -0.2) is 50.7 Å². The van der Waals surface area contributed by atoms with E-state index in [1.807, 2.05) is 0 Å². The van der Waals surface area contributed by atoms with E-state index in [0.717, 1.165) is 41.4 Å². The number of methoxy groups -OCH3 is 2. The number of amides is 2. The molecule has 2 heterocycles. The maximum absolute atomic E-state index is 15.5. The molecule has 4 aromatic rings. The van der Waals surface area contributed by atoms with Gasteiger partial charge in [0.25, 0.3) is 10.0 Å². The minimum absolute atomic E-state index is 0.104. The molecule has 0 radical (unpaired) electrons. The largest absolute Gasteiger partial charge is 0.497 e. The molecular formula is C26H22F4N6O5S. The number of ether oxygens (including phenoxy) is 2. The van der Waals surface area contributed by atoms with Crippen LogP contribution in [0, 0.1) is 5.82 Å². The SMILES string of the molecule is CNC(=O)N(c1ccc(S(=O)(=O)Nc2ncccn2)cn1)c1cc(F)c(-c2cc(OC)cc(C(F)(F)F)c2)cc1OC. The molecule has 0 saturated carbocycles. The molecule has 2 aromatic heterocycles. The highest BCUT2D eigenvalue weighted by molar-refractivity contribution is 7.92. The van der Waals surface area contributed by atoms with E-state index in [4.69, 9.17) is 9.47 Å². The van der Waals surface area contributed by atoms with Crippen LogP contribution in [0.4, 0.5) is 39.8 Å². The van der Waals surface area contributed by atoms with E-state index in [-0.39, 0.29) is 45.0 Å². The van der Waals surface area contributed by atoms with Gasteiger partial charge < -0.3 is 14.8 Å². The quantitative estimate of drug-likeness (QED) is 0.268. The Labute approximate surface area is 237 Å². The summed E-state index contributed by atoms with van der Waals surface area (Å²) in [7, 11) is -0.464. The number of pyridine rings is 1. The third-order valence-corrected chi connectivity index (χ3v) is 7.07. The van der Waals surface area contributed by atoms with Gasteiger partial charge in [0.15, 0.2) is 0 Å². The van der Waals surface area contributed by atoms with Crippen molar-refractivity contribution in [2.45, 2.75) is 11.1 Å². The predicted molar refractivity (Wildman–Crippen MR) is 144 cm³/mol. The Morgan fingerprint density at radius 1 is 0.976 bits per heavy atom. The molecule has 0 aliphatic carbocycles. The first-order valence-electron chi connectivity index (χ1n) is 11.8. The van der Waals surface area contributed by atoms with Gasteiger partial charge >= 0.3 is 12.2 Å². The Hall–Kier alpha value is -4.99. The fourth-order valence-corrected chi connectivity index (χ4v) is 4.68. The fraction of sp³-hybridized carbons (Fsp3) is 0.154. The summed E-state index contributed by atoms with van der Waals surface area (Å²) in [5.41, 5.74) is -1.65. The molecular weight excluding hydrogens is 584 g/mol. The first kappa shape index (κ1) is 30.0. The van der Waals surface area contributed by atoms with Crippen molar-refractivity contribution in [1.29, 1.82) is 0 Å². The molecule has 0 saturated heterocycles. The molecule has 2 aromatic carbocycles. The van der Waals surface area contributed by atoms with Gasteiger partial charge in [-0.15, -0.1) is 0 Å². The van der Waals surface area contributed by atoms with Crippen LogP contribution in [0.2, 0.25) is 0 Å². The van der Waals surface area contributed by atoms with Crippen molar-refractivity contribution in [3.05, 3.63) is 78.5 Å². The third-order valence-electron chi connectivity index (χ3n) is 5.76. The summed E-state index contributed by atoms with van der Waals surface area (Å²) < 4.78 is 93.9. The second kappa shape index (κ2) is 11.9. The monoisotopic (exact) mass is 606 g/mol. The van der Waals surface area contributed by atoms with E-state index in [1.54, 1.807) is 0 Å². The summed E-state index contributed by atoms with van der Waals surface area (Å²) in [4.78, 5) is 25.2. The van der Waals surface area contributed by atoms with Crippen LogP contribution < -0.4 is 24.4 Å². The van der Waals surface area contributed by atoms with Gasteiger partial charge in [0.1, 0.15) is 28.0 Å². The lowest BCUT2D eigenvalue weighted by molar-refractivity contribution is -0.137. The first-order valence-corrected chi connectivity index (χ1v) is 13.3. The fourth-order valence-electron chi connectivity index (χ4n) is 3.78. The molecule has 0 aliphatic heterocycles. The average molecular weight is 607 g/mol. The molecule has 0 spiro atoms. The summed E-state index contributed by atoms with van der Waals surface area (Å²) >= 11 is 0. The van der Waals surface area contributed by atoms with E-state index >= 15 is 4.39 Å². The summed E-state index contributed by atoms with van der Waals surface area (Å²) in [6.45, 7) is 0. The van der Waals surface area contributed by atoms with E-state index in [0.29, 0.717) is 0 Å². The molecule has 4 rings (SSSR count). The van der Waals surface area contributed by atoms with Gasteiger partial charge in [-0.3, -0.25) is 0 Å². The van der Waals surface area contributed by atoms with E-state index in [2.05, 4.69) is 25.0 Å². The van der Waals surface area contributed by atoms with Gasteiger partial charge in [0, 0.05) is 37.3 Å². The number of urea groups is 1. The first-order chi connectivity index (χ1) is 19.9. The van der Waals surface area contributed by atoms with Crippen molar-refractivity contribution < 1.29 is 40.2 Å². The maximum Gasteiger partial charge on any atom is 0.416 e. The zero-order valence-electron chi connectivity index (χ0n) is 22.1. The minimum atomic E-state index is -4.73. The van der Waals surface area contributed by atoms with Gasteiger partial charge in [-0.2, -0.15) is 13.2 Å². The standard InChI is InChI=1S/C26H22F4N6O5S/c1-31-25(37)36(23-6-5-18(14-34-23)42(38,39)35-24-32-7-4-8-33-24)21-13-20(27)19(12-22(21)41-3)15-9-16(26(28,29)30)11-17(10-15)40-2/h4-14H,1-3H3,(H,31,37)(H,32,33,35). The average Bonchev–Trinajstić information content (AvgIpc) is 2.97. The van der Waals surface area contributed by atoms with Crippen LogP contribution in [0.1, 0.15) is 5.56 Å². The van der Waals surface area contributed by atoms with Crippen LogP contribution in [0.25, 0.3) is 11.1 Å². The molecule has 42 heavy (non-hydrogen) atoms. The predicted octanol–water partition coefficient (Wildman–Crippen LogP) is 4.99. The van der Waals surface area contributed by atoms with Gasteiger partial charge in [-0.05, 0) is 48.0 Å². The number of nitrogens with one attached hydrogen (secondary N) is 2. The Morgan fingerprint density at radius 3 is 2.26 bits per heavy atom. The zero-order valence-corrected chi connectivity index (χ0v) is 22.9. The number of carbonyl (C=O) groups excluding carboxylic acids is 1. The number of nitrogens with zero attached hydrogens (tertiary/aromatic N) is 4. The molecule has 0 aliphatic rings. The normalized spacial score (nSPS) is 11.5. The Balaban J connectivity index is 1.77. The number of anilines is 3. The number of rotatable bonds is 8. The van der Waals surface area contributed by atoms with Gasteiger partial charge in [0.2, 0.25) is 5.95 Å². The molecule has 0 atom stereocenters. The number of carbonyl (C=O) groups is 1. The molecule has 0 unspecified atom stereocenters. The molecule has 2 amide bonds. The van der Waals surface area contributed by atoms with E-state index < -0.39 is 33.6 Å². The number of halogens is 4. The van der Waals surface area contributed by atoms with Crippen LogP contribution in [-0.2, 0) is 16.2 Å². The van der Waals surface area contributed by atoms with Crippen LogP contribution in [0.15, 0.2) is 72.0 Å². The number of hydrogen-bond acceptors (Lipinski definition) is 8. The van der Waals surface area contributed by atoms with Gasteiger partial charge in [0.05, 0.1) is 25.5 Å². The Morgan fingerprint density at radius 2 is 1.69 bits per heavy atom. The van der Waals surface area contributed by atoms with Gasteiger partial charge in [-0.1, -0.05) is 0 Å². The van der Waals surface area contributed by atoms with Crippen molar-refractivity contribution in [1.82, 2.24) is 20.3 Å². The van der Waals surface area contributed by atoms with Crippen molar-refractivity contribution in [2.24, 2.45) is 0 Å². The van der Waals surface area contributed by atoms with Crippen molar-refractivity contribution in [3.63, 3.8) is 0 Å². The minimum Gasteiger partial charge on any atom is -0.497 e. The molecule has 0 fully saturated rings. The van der Waals surface area contributed by atoms with Crippen molar-refractivity contribution in [3.8, 4) is 22.6 Å².